The lowest BCUT2D eigenvalue weighted by Gasteiger charge is -2.22. The van der Waals surface area contributed by atoms with Crippen LogP contribution in [0.5, 0.6) is 5.75 Å². The predicted octanol–water partition coefficient (Wildman–Crippen LogP) is 5.09. The Labute approximate surface area is 267 Å². The molecule has 9 nitrogen and oxygen atoms in total. The van der Waals surface area contributed by atoms with Crippen LogP contribution >= 0.6 is 34.2 Å². The van der Waals surface area contributed by atoms with E-state index in [2.05, 4.69) is 57.9 Å². The molecule has 0 bridgehead atoms. The van der Waals surface area contributed by atoms with Crippen LogP contribution in [0.15, 0.2) is 24.3 Å². The first-order valence-electron chi connectivity index (χ1n) is 14.8. The van der Waals surface area contributed by atoms with E-state index in [1.165, 1.54) is 0 Å². The maximum absolute atomic E-state index is 12.6. The monoisotopic (exact) mass is 650 g/mol. The second-order valence-corrected chi connectivity index (χ2v) is 15.0. The van der Waals surface area contributed by atoms with E-state index in [4.69, 9.17) is 28.4 Å². The number of carbonyl (C=O) groups excluding carboxylic acids is 1. The molecule has 2 atom stereocenters. The summed E-state index contributed by atoms with van der Waals surface area (Å²) in [6, 6.07) is 7.65. The van der Waals surface area contributed by atoms with E-state index >= 15 is 0 Å². The van der Waals surface area contributed by atoms with E-state index in [1.807, 2.05) is 19.1 Å². The molecule has 2 unspecified atom stereocenters. The minimum Gasteiger partial charge on any atom is -0.490 e. The Morgan fingerprint density at radius 2 is 1.55 bits per heavy atom. The standard InChI is InChI=1S/C30H54N2O7S3/c1-24(2)31-11-8-13-34-15-17-36-18-16-35-14-12-32-29(33)26-9-7-10-27(21-26)39-23-28(41-42-30(4,5)6)38-20-19-37-22-25(3)40/h7,9-10,21,24-25,28,31,40H,8,11-20,22-23H2,1-6H3,(H,32,33). The van der Waals surface area contributed by atoms with E-state index in [0.717, 1.165) is 19.6 Å². The van der Waals surface area contributed by atoms with E-state index in [-0.39, 0.29) is 21.3 Å². The molecule has 1 aromatic carbocycles. The maximum atomic E-state index is 12.6. The van der Waals surface area contributed by atoms with Gasteiger partial charge in [-0.2, -0.15) is 12.6 Å². The first-order valence-corrected chi connectivity index (χ1v) is 17.5. The third-order valence-electron chi connectivity index (χ3n) is 5.07. The molecule has 0 fully saturated rings. The molecule has 0 aliphatic carbocycles. The quantitative estimate of drug-likeness (QED) is 0.0545. The maximum Gasteiger partial charge on any atom is 0.251 e. The molecule has 1 rings (SSSR count). The Morgan fingerprint density at radius 3 is 2.21 bits per heavy atom. The van der Waals surface area contributed by atoms with Crippen molar-refractivity contribution in [3.63, 3.8) is 0 Å². The number of hydrogen-bond donors (Lipinski definition) is 3. The number of ether oxygens (including phenoxy) is 6. The average molecular weight is 651 g/mol. The molecule has 2 N–H and O–H groups in total. The van der Waals surface area contributed by atoms with Gasteiger partial charge < -0.3 is 39.1 Å². The Hall–Kier alpha value is -0.700. The van der Waals surface area contributed by atoms with Crippen LogP contribution in [0.25, 0.3) is 0 Å². The Morgan fingerprint density at radius 1 is 0.881 bits per heavy atom. The number of carbonyl (C=O) groups is 1. The van der Waals surface area contributed by atoms with E-state index < -0.39 is 0 Å². The predicted molar refractivity (Wildman–Crippen MR) is 178 cm³/mol. The van der Waals surface area contributed by atoms with Gasteiger partial charge in [0.15, 0.2) is 0 Å². The highest BCUT2D eigenvalue weighted by Gasteiger charge is 2.18. The van der Waals surface area contributed by atoms with Gasteiger partial charge in [0.1, 0.15) is 17.8 Å². The summed E-state index contributed by atoms with van der Waals surface area (Å²) in [5.41, 5.74) is 0.341. The number of thiol groups is 1. The van der Waals surface area contributed by atoms with Crippen molar-refractivity contribution in [3.05, 3.63) is 29.8 Å². The van der Waals surface area contributed by atoms with E-state index in [0.29, 0.717) is 83.4 Å². The number of hydrogen-bond acceptors (Lipinski definition) is 11. The van der Waals surface area contributed by atoms with Gasteiger partial charge in [0.2, 0.25) is 0 Å². The summed E-state index contributed by atoms with van der Waals surface area (Å²) in [6.45, 7) is 19.2. The SMILES string of the molecule is CC(S)COCCOC(COc1cccc(C(=O)NCCOCCOCCOCCCNC(C)C)c1)SSC(C)(C)C. The molecule has 0 aromatic heterocycles. The first-order chi connectivity index (χ1) is 20.1. The molecule has 0 aliphatic rings. The van der Waals surface area contributed by atoms with Crippen molar-refractivity contribution in [2.75, 3.05) is 79.2 Å². The first kappa shape index (κ1) is 39.3. The van der Waals surface area contributed by atoms with Crippen LogP contribution in [-0.4, -0.2) is 107 Å². The van der Waals surface area contributed by atoms with Crippen LogP contribution in [0.2, 0.25) is 0 Å². The minimum absolute atomic E-state index is 0.0819. The third-order valence-corrected chi connectivity index (χ3v) is 8.74. The minimum atomic E-state index is -0.186. The van der Waals surface area contributed by atoms with Gasteiger partial charge in [-0.05, 0) is 31.2 Å². The molecular weight excluding hydrogens is 597 g/mol. The highest BCUT2D eigenvalue weighted by atomic mass is 33.1. The summed E-state index contributed by atoms with van der Waals surface area (Å²) in [4.78, 5) is 12.6. The summed E-state index contributed by atoms with van der Waals surface area (Å²) in [5.74, 6) is 0.435. The van der Waals surface area contributed by atoms with Crippen molar-refractivity contribution in [3.8, 4) is 5.75 Å². The smallest absolute Gasteiger partial charge is 0.251 e. The zero-order chi connectivity index (χ0) is 31.1. The van der Waals surface area contributed by atoms with Crippen LogP contribution in [0, 0.1) is 0 Å². The van der Waals surface area contributed by atoms with Crippen molar-refractivity contribution in [1.82, 2.24) is 10.6 Å². The van der Waals surface area contributed by atoms with Gasteiger partial charge in [-0.1, -0.05) is 69.2 Å². The summed E-state index contributed by atoms with van der Waals surface area (Å²) in [5, 5.41) is 6.43. The van der Waals surface area contributed by atoms with E-state index in [9.17, 15) is 4.79 Å². The van der Waals surface area contributed by atoms with Crippen LogP contribution in [0.1, 0.15) is 58.3 Å². The number of rotatable bonds is 26. The molecule has 42 heavy (non-hydrogen) atoms. The second-order valence-electron chi connectivity index (χ2n) is 10.9. The Balaban J connectivity index is 2.25. The largest absolute Gasteiger partial charge is 0.490 e. The Bertz CT molecular complexity index is 813. The summed E-state index contributed by atoms with van der Waals surface area (Å²) in [7, 11) is 3.38. The van der Waals surface area contributed by atoms with Gasteiger partial charge in [-0.15, -0.1) is 0 Å². The fourth-order valence-corrected chi connectivity index (χ4v) is 5.43. The van der Waals surface area contributed by atoms with E-state index in [1.54, 1.807) is 33.7 Å². The zero-order valence-corrected chi connectivity index (χ0v) is 28.9. The summed E-state index contributed by atoms with van der Waals surface area (Å²) >= 11 is 4.32. The van der Waals surface area contributed by atoms with Gasteiger partial charge >= 0.3 is 0 Å². The molecule has 0 saturated heterocycles. The molecule has 1 aromatic rings. The van der Waals surface area contributed by atoms with Crippen molar-refractivity contribution < 1.29 is 33.2 Å². The lowest BCUT2D eigenvalue weighted by atomic mass is 10.2. The molecule has 0 spiro atoms. The number of benzene rings is 1. The molecule has 1 amide bonds. The molecule has 0 heterocycles. The van der Waals surface area contributed by atoms with Crippen molar-refractivity contribution in [2.24, 2.45) is 0 Å². The van der Waals surface area contributed by atoms with Gasteiger partial charge in [0, 0.05) is 34.8 Å². The fraction of sp³-hybridized carbons (Fsp3) is 0.767. The molecular formula is C30H54N2O7S3. The zero-order valence-electron chi connectivity index (χ0n) is 26.4. The summed E-state index contributed by atoms with van der Waals surface area (Å²) < 4.78 is 34.3. The molecule has 244 valence electrons. The van der Waals surface area contributed by atoms with Crippen molar-refractivity contribution >= 4 is 40.1 Å². The lowest BCUT2D eigenvalue weighted by Crippen LogP contribution is -2.27. The lowest BCUT2D eigenvalue weighted by molar-refractivity contribution is 0.0147. The van der Waals surface area contributed by atoms with Gasteiger partial charge in [0.05, 0.1) is 52.9 Å². The topological polar surface area (TPSA) is 96.5 Å². The van der Waals surface area contributed by atoms with Crippen LogP contribution in [0.4, 0.5) is 0 Å². The molecule has 0 aliphatic heterocycles. The molecule has 12 heteroatoms. The summed E-state index contributed by atoms with van der Waals surface area (Å²) in [6.07, 6.45) is 0.989. The highest BCUT2D eigenvalue weighted by Crippen LogP contribution is 2.38. The number of amides is 1. The van der Waals surface area contributed by atoms with Crippen LogP contribution < -0.4 is 15.4 Å². The molecule has 0 saturated carbocycles. The molecule has 0 radical (unpaired) electrons. The number of nitrogens with one attached hydrogen (secondary N) is 2. The fourth-order valence-electron chi connectivity index (χ4n) is 3.13. The van der Waals surface area contributed by atoms with Crippen LogP contribution in [-0.2, 0) is 23.7 Å². The van der Waals surface area contributed by atoms with Crippen molar-refractivity contribution in [1.29, 1.82) is 0 Å². The normalized spacial score (nSPS) is 13.3. The second kappa shape index (κ2) is 24.6. The highest BCUT2D eigenvalue weighted by molar-refractivity contribution is 8.77. The van der Waals surface area contributed by atoms with Gasteiger partial charge in [0.25, 0.3) is 5.91 Å². The third kappa shape index (κ3) is 23.7. The van der Waals surface area contributed by atoms with Gasteiger partial charge in [-0.3, -0.25) is 4.79 Å². The van der Waals surface area contributed by atoms with Gasteiger partial charge in [-0.25, -0.2) is 0 Å². The van der Waals surface area contributed by atoms with Crippen LogP contribution in [0.3, 0.4) is 0 Å². The van der Waals surface area contributed by atoms with Crippen molar-refractivity contribution in [2.45, 2.75) is 69.4 Å². The Kier molecular flexibility index (Phi) is 23.0. The average Bonchev–Trinajstić information content (AvgIpc) is 2.93.